The Bertz CT molecular complexity index is 734. The van der Waals surface area contributed by atoms with Gasteiger partial charge in [-0.2, -0.15) is 5.26 Å². The van der Waals surface area contributed by atoms with Gasteiger partial charge in [-0.25, -0.2) is 4.79 Å². The van der Waals surface area contributed by atoms with E-state index in [-0.39, 0.29) is 12.1 Å². The first kappa shape index (κ1) is 12.1. The predicted octanol–water partition coefficient (Wildman–Crippen LogP) is 1.10. The fourth-order valence-electron chi connectivity index (χ4n) is 2.02. The van der Waals surface area contributed by atoms with Crippen molar-refractivity contribution >= 4 is 10.9 Å². The molecule has 5 heteroatoms. The van der Waals surface area contributed by atoms with Crippen LogP contribution in [0, 0.1) is 11.3 Å². The molecule has 5 nitrogen and oxygen atoms in total. The van der Waals surface area contributed by atoms with Crippen molar-refractivity contribution in [1.82, 2.24) is 9.13 Å². The molecular weight excluding hydrogens is 230 g/mol. The van der Waals surface area contributed by atoms with Crippen LogP contribution in [0.25, 0.3) is 10.9 Å². The van der Waals surface area contributed by atoms with Crippen LogP contribution in [-0.2, 0) is 13.1 Å². The van der Waals surface area contributed by atoms with Gasteiger partial charge >= 0.3 is 5.69 Å². The lowest BCUT2D eigenvalue weighted by Crippen LogP contribution is -2.39. The zero-order valence-electron chi connectivity index (χ0n) is 10.1. The van der Waals surface area contributed by atoms with Crippen molar-refractivity contribution in [3.63, 3.8) is 0 Å². The van der Waals surface area contributed by atoms with E-state index in [4.69, 9.17) is 5.26 Å². The lowest BCUT2D eigenvalue weighted by Gasteiger charge is -2.10. The minimum Gasteiger partial charge on any atom is -0.279 e. The number of para-hydroxylation sites is 1. The number of fused-ring (bicyclic) bond motifs is 1. The first-order valence-electron chi connectivity index (χ1n) is 5.80. The highest BCUT2D eigenvalue weighted by Gasteiger charge is 2.11. The van der Waals surface area contributed by atoms with Gasteiger partial charge in [-0.15, -0.1) is 0 Å². The average molecular weight is 243 g/mol. The zero-order valence-corrected chi connectivity index (χ0v) is 10.1. The van der Waals surface area contributed by atoms with Gasteiger partial charge in [0.15, 0.2) is 0 Å². The van der Waals surface area contributed by atoms with Gasteiger partial charge in [0.05, 0.1) is 17.0 Å². The van der Waals surface area contributed by atoms with E-state index in [0.29, 0.717) is 23.9 Å². The van der Waals surface area contributed by atoms with Crippen molar-refractivity contribution < 1.29 is 0 Å². The molecule has 0 fully saturated rings. The topological polar surface area (TPSA) is 67.8 Å². The van der Waals surface area contributed by atoms with Crippen molar-refractivity contribution in [1.29, 1.82) is 5.26 Å². The molecule has 1 heterocycles. The van der Waals surface area contributed by atoms with Gasteiger partial charge < -0.3 is 0 Å². The van der Waals surface area contributed by atoms with E-state index in [1.54, 1.807) is 24.3 Å². The second kappa shape index (κ2) is 4.88. The molecule has 0 bridgehead atoms. The van der Waals surface area contributed by atoms with E-state index < -0.39 is 5.69 Å². The third-order valence-electron chi connectivity index (χ3n) is 2.81. The van der Waals surface area contributed by atoms with Crippen molar-refractivity contribution in [3.05, 3.63) is 45.1 Å². The summed E-state index contributed by atoms with van der Waals surface area (Å²) in [6.07, 6.45) is 0.694. The van der Waals surface area contributed by atoms with Crippen molar-refractivity contribution in [2.24, 2.45) is 0 Å². The fraction of sp³-hybridized carbons (Fsp3) is 0.308. The molecule has 0 aliphatic heterocycles. The monoisotopic (exact) mass is 243 g/mol. The number of hydrogen-bond acceptors (Lipinski definition) is 3. The summed E-state index contributed by atoms with van der Waals surface area (Å²) in [7, 11) is 0. The molecule has 0 unspecified atom stereocenters. The Balaban J connectivity index is 2.93. The highest BCUT2D eigenvalue weighted by molar-refractivity contribution is 5.77. The number of hydrogen-bond donors (Lipinski definition) is 0. The van der Waals surface area contributed by atoms with Gasteiger partial charge in [-0.05, 0) is 18.6 Å². The van der Waals surface area contributed by atoms with Gasteiger partial charge in [0, 0.05) is 6.54 Å². The van der Waals surface area contributed by atoms with E-state index in [2.05, 4.69) is 0 Å². The Morgan fingerprint density at radius 1 is 1.22 bits per heavy atom. The first-order chi connectivity index (χ1) is 8.70. The Labute approximate surface area is 104 Å². The SMILES string of the molecule is CCCn1c(=O)c2ccccc2n(CC#N)c1=O. The molecule has 0 N–H and O–H groups in total. The summed E-state index contributed by atoms with van der Waals surface area (Å²) in [5, 5.41) is 9.27. The summed E-state index contributed by atoms with van der Waals surface area (Å²) in [4.78, 5) is 24.3. The Morgan fingerprint density at radius 2 is 1.94 bits per heavy atom. The van der Waals surface area contributed by atoms with E-state index in [1.807, 2.05) is 13.0 Å². The highest BCUT2D eigenvalue weighted by Crippen LogP contribution is 2.07. The smallest absolute Gasteiger partial charge is 0.279 e. The van der Waals surface area contributed by atoms with E-state index in [1.165, 1.54) is 9.13 Å². The van der Waals surface area contributed by atoms with Gasteiger partial charge in [0.25, 0.3) is 5.56 Å². The summed E-state index contributed by atoms with van der Waals surface area (Å²) in [5.74, 6) is 0. The zero-order chi connectivity index (χ0) is 13.1. The van der Waals surface area contributed by atoms with Crippen molar-refractivity contribution in [2.45, 2.75) is 26.4 Å². The van der Waals surface area contributed by atoms with Crippen LogP contribution >= 0.6 is 0 Å². The van der Waals surface area contributed by atoms with Crippen LogP contribution in [0.1, 0.15) is 13.3 Å². The summed E-state index contributed by atoms with van der Waals surface area (Å²) in [6.45, 7) is 2.22. The maximum Gasteiger partial charge on any atom is 0.332 e. The molecule has 1 aromatic heterocycles. The first-order valence-corrected chi connectivity index (χ1v) is 5.80. The number of benzene rings is 1. The van der Waals surface area contributed by atoms with Crippen LogP contribution in [0.5, 0.6) is 0 Å². The molecule has 0 saturated heterocycles. The molecule has 0 saturated carbocycles. The Kier molecular flexibility index (Phi) is 3.28. The Hall–Kier alpha value is -2.35. The van der Waals surface area contributed by atoms with E-state index >= 15 is 0 Å². The molecule has 2 rings (SSSR count). The molecule has 0 radical (unpaired) electrons. The quantitative estimate of drug-likeness (QED) is 0.810. The predicted molar refractivity (Wildman–Crippen MR) is 68.4 cm³/mol. The van der Waals surface area contributed by atoms with Gasteiger partial charge in [0.1, 0.15) is 6.54 Å². The second-order valence-electron chi connectivity index (χ2n) is 4.00. The molecule has 0 amide bonds. The number of nitrogens with zero attached hydrogens (tertiary/aromatic N) is 3. The maximum absolute atomic E-state index is 12.2. The lowest BCUT2D eigenvalue weighted by molar-refractivity contribution is 0.585. The van der Waals surface area contributed by atoms with Crippen LogP contribution < -0.4 is 11.2 Å². The minimum absolute atomic E-state index is 0.0522. The molecule has 0 spiro atoms. The van der Waals surface area contributed by atoms with Gasteiger partial charge in [-0.1, -0.05) is 19.1 Å². The molecule has 18 heavy (non-hydrogen) atoms. The summed E-state index contributed by atoms with van der Waals surface area (Å²) >= 11 is 0. The summed E-state index contributed by atoms with van der Waals surface area (Å²) in [6, 6.07) is 8.82. The highest BCUT2D eigenvalue weighted by atomic mass is 16.2. The fourth-order valence-corrected chi connectivity index (χ4v) is 2.02. The molecule has 2 aromatic rings. The Morgan fingerprint density at radius 3 is 2.61 bits per heavy atom. The number of nitriles is 1. The lowest BCUT2D eigenvalue weighted by atomic mass is 10.2. The van der Waals surface area contributed by atoms with Crippen molar-refractivity contribution in [3.8, 4) is 6.07 Å². The molecule has 1 aromatic carbocycles. The summed E-state index contributed by atoms with van der Waals surface area (Å²) in [5.41, 5.74) is -0.185. The third-order valence-corrected chi connectivity index (χ3v) is 2.81. The average Bonchev–Trinajstić information content (AvgIpc) is 2.39. The van der Waals surface area contributed by atoms with Gasteiger partial charge in [0.2, 0.25) is 0 Å². The number of aromatic nitrogens is 2. The molecule has 0 aliphatic rings. The molecule has 92 valence electrons. The largest absolute Gasteiger partial charge is 0.332 e. The summed E-state index contributed by atoms with van der Waals surface area (Å²) < 4.78 is 2.53. The van der Waals surface area contributed by atoms with E-state index in [9.17, 15) is 9.59 Å². The van der Waals surface area contributed by atoms with Crippen LogP contribution in [0.2, 0.25) is 0 Å². The minimum atomic E-state index is -0.415. The van der Waals surface area contributed by atoms with Crippen LogP contribution in [-0.4, -0.2) is 9.13 Å². The third kappa shape index (κ3) is 1.82. The maximum atomic E-state index is 12.2. The van der Waals surface area contributed by atoms with Crippen LogP contribution in [0.15, 0.2) is 33.9 Å². The number of rotatable bonds is 3. The van der Waals surface area contributed by atoms with Gasteiger partial charge in [-0.3, -0.25) is 13.9 Å². The molecule has 0 atom stereocenters. The molecule has 0 aliphatic carbocycles. The molecular formula is C13H13N3O2. The standard InChI is InChI=1S/C13H13N3O2/c1-2-8-16-12(17)10-5-3-4-6-11(10)15(9-7-14)13(16)18/h3-6H,2,8-9H2,1H3. The second-order valence-corrected chi connectivity index (χ2v) is 4.00. The van der Waals surface area contributed by atoms with Crippen molar-refractivity contribution in [2.75, 3.05) is 0 Å². The van der Waals surface area contributed by atoms with Crippen LogP contribution in [0.4, 0.5) is 0 Å². The van der Waals surface area contributed by atoms with Crippen LogP contribution in [0.3, 0.4) is 0 Å². The van der Waals surface area contributed by atoms with E-state index in [0.717, 1.165) is 0 Å². The normalized spacial score (nSPS) is 10.4.